The quantitative estimate of drug-likeness (QED) is 0.346. The van der Waals surface area contributed by atoms with Crippen molar-refractivity contribution in [3.63, 3.8) is 0 Å². The number of nitrogens with zero attached hydrogens (tertiary/aromatic N) is 2. The lowest BCUT2D eigenvalue weighted by Crippen LogP contribution is -2.48. The van der Waals surface area contributed by atoms with Crippen LogP contribution in [-0.2, 0) is 20.7 Å². The minimum atomic E-state index is -0.452. The number of benzene rings is 3. The largest absolute Gasteiger partial charge is 0.465 e. The van der Waals surface area contributed by atoms with Crippen LogP contribution in [0.15, 0.2) is 84.9 Å². The molecule has 0 aromatic heterocycles. The Morgan fingerprint density at radius 3 is 1.88 bits per heavy atom. The van der Waals surface area contributed by atoms with Crippen molar-refractivity contribution in [1.29, 1.82) is 0 Å². The van der Waals surface area contributed by atoms with Gasteiger partial charge in [-0.3, -0.25) is 14.5 Å². The van der Waals surface area contributed by atoms with Gasteiger partial charge in [-0.25, -0.2) is 0 Å². The molecule has 0 radical (unpaired) electrons. The van der Waals surface area contributed by atoms with Crippen LogP contribution in [0, 0.1) is 0 Å². The predicted molar refractivity (Wildman–Crippen MR) is 135 cm³/mol. The first-order valence-electron chi connectivity index (χ1n) is 11.9. The van der Waals surface area contributed by atoms with Crippen LogP contribution in [-0.4, -0.2) is 49.4 Å². The lowest BCUT2D eigenvalue weighted by Gasteiger charge is -2.40. The van der Waals surface area contributed by atoms with E-state index in [9.17, 15) is 9.59 Å². The number of ether oxygens (including phenoxy) is 1. The van der Waals surface area contributed by atoms with Gasteiger partial charge in [0, 0.05) is 38.3 Å². The lowest BCUT2D eigenvalue weighted by molar-refractivity contribution is -0.145. The molecule has 4 rings (SSSR count). The molecule has 5 heteroatoms. The fourth-order valence-electron chi connectivity index (χ4n) is 4.53. The number of carbonyl (C=O) groups is 2. The molecule has 176 valence electrons. The number of rotatable bonds is 9. The number of esters is 1. The number of carbonyl (C=O) groups excluding carboxylic acids is 2. The third kappa shape index (κ3) is 6.33. The van der Waals surface area contributed by atoms with Gasteiger partial charge >= 0.3 is 5.97 Å². The van der Waals surface area contributed by atoms with Crippen molar-refractivity contribution in [2.24, 2.45) is 0 Å². The Hall–Kier alpha value is -3.44. The second-order valence-corrected chi connectivity index (χ2v) is 8.76. The standard InChI is InChI=1S/C29H32N2O3/c1-23(32)22-28(33)34-21-16-24-12-14-27(15-13-24)30-17-19-31(20-18-30)29(25-8-4-2-5-9-25)26-10-6-3-7-11-26/h2-15,29H,16-22H2,1H3. The van der Waals surface area contributed by atoms with Gasteiger partial charge in [-0.05, 0) is 35.7 Å². The van der Waals surface area contributed by atoms with Crippen LogP contribution >= 0.6 is 0 Å². The summed E-state index contributed by atoms with van der Waals surface area (Å²) in [6.45, 7) is 5.61. The third-order valence-corrected chi connectivity index (χ3v) is 6.26. The zero-order chi connectivity index (χ0) is 23.8. The summed E-state index contributed by atoms with van der Waals surface area (Å²) in [6.07, 6.45) is 0.494. The van der Waals surface area contributed by atoms with Crippen LogP contribution in [0.5, 0.6) is 0 Å². The summed E-state index contributed by atoms with van der Waals surface area (Å²) in [5, 5.41) is 0. The van der Waals surface area contributed by atoms with Crippen molar-refractivity contribution in [3.8, 4) is 0 Å². The first kappa shape index (κ1) is 23.7. The Morgan fingerprint density at radius 1 is 0.794 bits per heavy atom. The van der Waals surface area contributed by atoms with Crippen molar-refractivity contribution in [1.82, 2.24) is 4.90 Å². The van der Waals surface area contributed by atoms with Gasteiger partial charge in [-0.2, -0.15) is 0 Å². The summed E-state index contributed by atoms with van der Waals surface area (Å²) >= 11 is 0. The number of hydrogen-bond donors (Lipinski definition) is 0. The molecule has 1 fully saturated rings. The minimum Gasteiger partial charge on any atom is -0.465 e. The molecule has 0 unspecified atom stereocenters. The van der Waals surface area contributed by atoms with Crippen LogP contribution in [0.2, 0.25) is 0 Å². The Labute approximate surface area is 202 Å². The molecule has 34 heavy (non-hydrogen) atoms. The molecule has 0 spiro atoms. The second-order valence-electron chi connectivity index (χ2n) is 8.76. The molecule has 0 N–H and O–H groups in total. The molecule has 1 aliphatic rings. The van der Waals surface area contributed by atoms with Gasteiger partial charge in [-0.15, -0.1) is 0 Å². The number of anilines is 1. The van der Waals surface area contributed by atoms with E-state index in [0.29, 0.717) is 13.0 Å². The highest BCUT2D eigenvalue weighted by molar-refractivity contribution is 5.94. The number of piperazine rings is 1. The molecule has 0 bridgehead atoms. The Morgan fingerprint density at radius 2 is 1.35 bits per heavy atom. The van der Waals surface area contributed by atoms with Crippen LogP contribution in [0.25, 0.3) is 0 Å². The van der Waals surface area contributed by atoms with Gasteiger partial charge in [-0.1, -0.05) is 72.8 Å². The van der Waals surface area contributed by atoms with E-state index in [2.05, 4.69) is 94.7 Å². The summed E-state index contributed by atoms with van der Waals surface area (Å²) < 4.78 is 5.13. The summed E-state index contributed by atoms with van der Waals surface area (Å²) in [7, 11) is 0. The van der Waals surface area contributed by atoms with E-state index in [1.807, 2.05) is 0 Å². The molecule has 0 atom stereocenters. The molecule has 1 aliphatic heterocycles. The van der Waals surface area contributed by atoms with Gasteiger partial charge in [0.1, 0.15) is 12.2 Å². The van der Waals surface area contributed by atoms with Crippen molar-refractivity contribution in [2.45, 2.75) is 25.8 Å². The smallest absolute Gasteiger partial charge is 0.313 e. The number of ketones is 1. The first-order valence-corrected chi connectivity index (χ1v) is 11.9. The van der Waals surface area contributed by atoms with E-state index in [1.54, 1.807) is 0 Å². The molecule has 5 nitrogen and oxygen atoms in total. The van der Waals surface area contributed by atoms with Crippen LogP contribution in [0.1, 0.15) is 36.1 Å². The zero-order valence-electron chi connectivity index (χ0n) is 19.7. The third-order valence-electron chi connectivity index (χ3n) is 6.26. The monoisotopic (exact) mass is 456 g/mol. The van der Waals surface area contributed by atoms with Crippen molar-refractivity contribution in [3.05, 3.63) is 102 Å². The first-order chi connectivity index (χ1) is 16.6. The zero-order valence-corrected chi connectivity index (χ0v) is 19.7. The normalized spacial score (nSPS) is 14.2. The van der Waals surface area contributed by atoms with E-state index in [0.717, 1.165) is 31.7 Å². The van der Waals surface area contributed by atoms with E-state index >= 15 is 0 Å². The van der Waals surface area contributed by atoms with Gasteiger partial charge in [0.05, 0.1) is 12.6 Å². The van der Waals surface area contributed by atoms with E-state index in [4.69, 9.17) is 4.74 Å². The maximum Gasteiger partial charge on any atom is 0.313 e. The van der Waals surface area contributed by atoms with Gasteiger partial charge < -0.3 is 9.64 Å². The number of Topliss-reactive ketones (excluding diaryl/α,β-unsaturated/α-hetero) is 1. The summed E-state index contributed by atoms with van der Waals surface area (Å²) in [5.41, 5.74) is 4.99. The van der Waals surface area contributed by atoms with Gasteiger partial charge in [0.2, 0.25) is 0 Å². The molecule has 3 aromatic carbocycles. The highest BCUT2D eigenvalue weighted by atomic mass is 16.5. The molecule has 0 saturated carbocycles. The molecule has 0 amide bonds. The Bertz CT molecular complexity index is 1020. The van der Waals surface area contributed by atoms with Crippen molar-refractivity contribution in [2.75, 3.05) is 37.7 Å². The van der Waals surface area contributed by atoms with Gasteiger partial charge in [0.25, 0.3) is 0 Å². The predicted octanol–water partition coefficient (Wildman–Crippen LogP) is 4.66. The van der Waals surface area contributed by atoms with E-state index in [1.165, 1.54) is 23.7 Å². The van der Waals surface area contributed by atoms with Crippen LogP contribution in [0.3, 0.4) is 0 Å². The highest BCUT2D eigenvalue weighted by Gasteiger charge is 2.26. The summed E-state index contributed by atoms with van der Waals surface area (Å²) in [4.78, 5) is 27.5. The maximum absolute atomic E-state index is 11.5. The topological polar surface area (TPSA) is 49.9 Å². The Kier molecular flexibility index (Phi) is 8.10. The summed E-state index contributed by atoms with van der Waals surface area (Å²) in [6, 6.07) is 30.3. The second kappa shape index (κ2) is 11.6. The Balaban J connectivity index is 1.34. The fraction of sp³-hybridized carbons (Fsp3) is 0.310. The van der Waals surface area contributed by atoms with Crippen molar-refractivity contribution >= 4 is 17.4 Å². The lowest BCUT2D eigenvalue weighted by atomic mass is 9.96. The van der Waals surface area contributed by atoms with E-state index < -0.39 is 5.97 Å². The average Bonchev–Trinajstić information content (AvgIpc) is 2.86. The van der Waals surface area contributed by atoms with Crippen molar-refractivity contribution < 1.29 is 14.3 Å². The number of hydrogen-bond acceptors (Lipinski definition) is 5. The summed E-state index contributed by atoms with van der Waals surface area (Å²) in [5.74, 6) is -0.625. The maximum atomic E-state index is 11.5. The van der Waals surface area contributed by atoms with Crippen LogP contribution < -0.4 is 4.90 Å². The molecule has 0 aliphatic carbocycles. The molecule has 1 saturated heterocycles. The average molecular weight is 457 g/mol. The van der Waals surface area contributed by atoms with Crippen LogP contribution in [0.4, 0.5) is 5.69 Å². The highest BCUT2D eigenvalue weighted by Crippen LogP contribution is 2.30. The minimum absolute atomic E-state index is 0.152. The van der Waals surface area contributed by atoms with E-state index in [-0.39, 0.29) is 18.2 Å². The molecule has 3 aromatic rings. The fourth-order valence-corrected chi connectivity index (χ4v) is 4.53. The molecule has 1 heterocycles. The molecular weight excluding hydrogens is 424 g/mol. The van der Waals surface area contributed by atoms with Gasteiger partial charge in [0.15, 0.2) is 0 Å². The SMILES string of the molecule is CC(=O)CC(=O)OCCc1ccc(N2CCN(C(c3ccccc3)c3ccccc3)CC2)cc1. The molecular formula is C29H32N2O3.